The zero-order chi connectivity index (χ0) is 9.26. The normalized spacial score (nSPS) is 10.5. The molecule has 68 valence electrons. The number of aromatic nitrogens is 3. The number of fused-ring (bicyclic) bond motifs is 1. The molecular weight excluding hydrogens is 168 g/mol. The first kappa shape index (κ1) is 7.85. The van der Waals surface area contributed by atoms with Crippen LogP contribution in [0.25, 0.3) is 5.65 Å². The first-order valence-electron chi connectivity index (χ1n) is 4.03. The number of ether oxygens (including phenoxy) is 1. The van der Waals surface area contributed by atoms with E-state index in [-0.39, 0.29) is 0 Å². The molecule has 13 heavy (non-hydrogen) atoms. The summed E-state index contributed by atoms with van der Waals surface area (Å²) in [4.78, 5) is 4.08. The molecule has 0 unspecified atom stereocenters. The summed E-state index contributed by atoms with van der Waals surface area (Å²) >= 11 is 0. The fourth-order valence-electron chi connectivity index (χ4n) is 1.09. The summed E-state index contributed by atoms with van der Waals surface area (Å²) in [5.41, 5.74) is 6.86. The third kappa shape index (κ3) is 1.40. The van der Waals surface area contributed by atoms with Crippen molar-refractivity contribution in [3.05, 3.63) is 18.5 Å². The quantitative estimate of drug-likeness (QED) is 0.735. The lowest BCUT2D eigenvalue weighted by Gasteiger charge is -1.93. The average molecular weight is 178 g/mol. The van der Waals surface area contributed by atoms with Gasteiger partial charge in [0.2, 0.25) is 5.88 Å². The van der Waals surface area contributed by atoms with Crippen LogP contribution in [0.5, 0.6) is 5.88 Å². The van der Waals surface area contributed by atoms with Gasteiger partial charge < -0.3 is 10.5 Å². The van der Waals surface area contributed by atoms with Gasteiger partial charge in [-0.1, -0.05) is 0 Å². The van der Waals surface area contributed by atoms with E-state index < -0.39 is 0 Å². The highest BCUT2D eigenvalue weighted by molar-refractivity contribution is 5.45. The Kier molecular flexibility index (Phi) is 1.77. The maximum atomic E-state index is 5.54. The lowest BCUT2D eigenvalue weighted by Crippen LogP contribution is -1.95. The molecule has 2 aromatic heterocycles. The molecule has 0 bridgehead atoms. The van der Waals surface area contributed by atoms with Gasteiger partial charge in [-0.3, -0.25) is 0 Å². The molecule has 0 atom stereocenters. The minimum absolute atomic E-state index is 0.570. The molecule has 5 heteroatoms. The van der Waals surface area contributed by atoms with Gasteiger partial charge >= 0.3 is 0 Å². The molecule has 0 aliphatic heterocycles. The van der Waals surface area contributed by atoms with Crippen LogP contribution in [0, 0.1) is 0 Å². The molecule has 0 saturated carbocycles. The maximum absolute atomic E-state index is 5.54. The van der Waals surface area contributed by atoms with Crippen LogP contribution in [0.2, 0.25) is 0 Å². The largest absolute Gasteiger partial charge is 0.477 e. The van der Waals surface area contributed by atoms with Gasteiger partial charge in [-0.15, -0.1) is 5.10 Å². The van der Waals surface area contributed by atoms with Gasteiger partial charge in [-0.25, -0.2) is 9.50 Å². The molecule has 0 aliphatic carbocycles. The van der Waals surface area contributed by atoms with E-state index in [0.717, 1.165) is 5.65 Å². The third-order valence-electron chi connectivity index (χ3n) is 1.60. The summed E-state index contributed by atoms with van der Waals surface area (Å²) in [6.07, 6.45) is 3.29. The number of nitrogens with zero attached hydrogens (tertiary/aromatic N) is 3. The first-order chi connectivity index (χ1) is 6.29. The second-order valence-electron chi connectivity index (χ2n) is 2.61. The standard InChI is InChI=1S/C8H10N4O/c1-2-13-8-3-7-10-4-6(9)5-12(7)11-8/h3-5H,2,9H2,1H3. The zero-order valence-electron chi connectivity index (χ0n) is 7.27. The molecule has 0 saturated heterocycles. The number of nitrogens with two attached hydrogens (primary N) is 1. The topological polar surface area (TPSA) is 65.4 Å². The Hall–Kier alpha value is -1.78. The molecule has 0 radical (unpaired) electrons. The van der Waals surface area contributed by atoms with Gasteiger partial charge in [-0.2, -0.15) is 0 Å². The van der Waals surface area contributed by atoms with Gasteiger partial charge in [-0.05, 0) is 6.92 Å². The van der Waals surface area contributed by atoms with Crippen molar-refractivity contribution in [2.24, 2.45) is 0 Å². The molecule has 0 aromatic carbocycles. The summed E-state index contributed by atoms with van der Waals surface area (Å²) in [5.74, 6) is 0.570. The Bertz CT molecular complexity index is 423. The van der Waals surface area contributed by atoms with E-state index in [1.807, 2.05) is 6.92 Å². The number of anilines is 1. The van der Waals surface area contributed by atoms with Crippen molar-refractivity contribution in [1.29, 1.82) is 0 Å². The predicted octanol–water partition coefficient (Wildman–Crippen LogP) is 0.710. The fourth-order valence-corrected chi connectivity index (χ4v) is 1.09. The van der Waals surface area contributed by atoms with Crippen LogP contribution in [-0.4, -0.2) is 21.2 Å². The van der Waals surface area contributed by atoms with Crippen LogP contribution >= 0.6 is 0 Å². The number of nitrogen functional groups attached to an aromatic ring is 1. The smallest absolute Gasteiger partial charge is 0.235 e. The van der Waals surface area contributed by atoms with E-state index in [9.17, 15) is 0 Å². The first-order valence-corrected chi connectivity index (χ1v) is 4.03. The summed E-state index contributed by atoms with van der Waals surface area (Å²) in [5, 5.41) is 4.12. The highest BCUT2D eigenvalue weighted by atomic mass is 16.5. The molecule has 0 fully saturated rings. The SMILES string of the molecule is CCOc1cc2ncc(N)cn2n1. The molecule has 2 aromatic rings. The van der Waals surface area contributed by atoms with E-state index >= 15 is 0 Å². The predicted molar refractivity (Wildman–Crippen MR) is 48.6 cm³/mol. The Morgan fingerprint density at radius 1 is 1.62 bits per heavy atom. The van der Waals surface area contributed by atoms with Crippen molar-refractivity contribution in [2.45, 2.75) is 6.92 Å². The number of hydrogen-bond donors (Lipinski definition) is 1. The Morgan fingerprint density at radius 2 is 2.46 bits per heavy atom. The minimum atomic E-state index is 0.570. The third-order valence-corrected chi connectivity index (χ3v) is 1.60. The van der Waals surface area contributed by atoms with Gasteiger partial charge in [0, 0.05) is 6.07 Å². The fraction of sp³-hybridized carbons (Fsp3) is 0.250. The molecular formula is C8H10N4O. The van der Waals surface area contributed by atoms with E-state index in [1.54, 1.807) is 23.0 Å². The van der Waals surface area contributed by atoms with Crippen LogP contribution in [-0.2, 0) is 0 Å². The number of rotatable bonds is 2. The molecule has 2 N–H and O–H groups in total. The Balaban J connectivity index is 2.49. The van der Waals surface area contributed by atoms with Gasteiger partial charge in [0.1, 0.15) is 0 Å². The highest BCUT2D eigenvalue weighted by Gasteiger charge is 2.01. The lowest BCUT2D eigenvalue weighted by molar-refractivity contribution is 0.325. The van der Waals surface area contributed by atoms with Gasteiger partial charge in [0.05, 0.1) is 24.7 Å². The maximum Gasteiger partial charge on any atom is 0.235 e. The van der Waals surface area contributed by atoms with Crippen molar-refractivity contribution < 1.29 is 4.74 Å². The summed E-state index contributed by atoms with van der Waals surface area (Å²) in [7, 11) is 0. The van der Waals surface area contributed by atoms with Crippen LogP contribution in [0.15, 0.2) is 18.5 Å². The van der Waals surface area contributed by atoms with Crippen molar-refractivity contribution in [1.82, 2.24) is 14.6 Å². The summed E-state index contributed by atoms with van der Waals surface area (Å²) < 4.78 is 6.82. The van der Waals surface area contributed by atoms with Crippen LogP contribution in [0.4, 0.5) is 5.69 Å². The molecule has 2 heterocycles. The lowest BCUT2D eigenvalue weighted by atomic mass is 10.5. The van der Waals surface area contributed by atoms with Gasteiger partial charge in [0.15, 0.2) is 5.65 Å². The molecule has 5 nitrogen and oxygen atoms in total. The van der Waals surface area contributed by atoms with Crippen molar-refractivity contribution >= 4 is 11.3 Å². The van der Waals surface area contributed by atoms with Crippen molar-refractivity contribution in [3.63, 3.8) is 0 Å². The Morgan fingerprint density at radius 3 is 3.23 bits per heavy atom. The second kappa shape index (κ2) is 2.93. The number of hydrogen-bond acceptors (Lipinski definition) is 4. The molecule has 0 amide bonds. The van der Waals surface area contributed by atoms with Crippen LogP contribution < -0.4 is 10.5 Å². The monoisotopic (exact) mass is 178 g/mol. The zero-order valence-corrected chi connectivity index (χ0v) is 7.27. The summed E-state index contributed by atoms with van der Waals surface area (Å²) in [6.45, 7) is 2.51. The highest BCUT2D eigenvalue weighted by Crippen LogP contribution is 2.11. The molecule has 0 spiro atoms. The van der Waals surface area contributed by atoms with E-state index in [0.29, 0.717) is 18.2 Å². The minimum Gasteiger partial charge on any atom is -0.477 e. The second-order valence-corrected chi connectivity index (χ2v) is 2.61. The van der Waals surface area contributed by atoms with Crippen molar-refractivity contribution in [2.75, 3.05) is 12.3 Å². The van der Waals surface area contributed by atoms with E-state index in [2.05, 4.69) is 10.1 Å². The van der Waals surface area contributed by atoms with E-state index in [1.165, 1.54) is 0 Å². The summed E-state index contributed by atoms with van der Waals surface area (Å²) in [6, 6.07) is 1.77. The van der Waals surface area contributed by atoms with Crippen molar-refractivity contribution in [3.8, 4) is 5.88 Å². The average Bonchev–Trinajstić information content (AvgIpc) is 2.46. The Labute approximate surface area is 75.1 Å². The van der Waals surface area contributed by atoms with E-state index in [4.69, 9.17) is 10.5 Å². The van der Waals surface area contributed by atoms with Crippen LogP contribution in [0.3, 0.4) is 0 Å². The molecule has 0 aliphatic rings. The van der Waals surface area contributed by atoms with Gasteiger partial charge in [0.25, 0.3) is 0 Å². The van der Waals surface area contributed by atoms with Crippen LogP contribution in [0.1, 0.15) is 6.92 Å². The molecule has 2 rings (SSSR count).